The van der Waals surface area contributed by atoms with Crippen LogP contribution in [0.3, 0.4) is 0 Å². The normalized spacial score (nSPS) is 13.2. The van der Waals surface area contributed by atoms with Crippen molar-refractivity contribution in [3.05, 3.63) is 144 Å². The van der Waals surface area contributed by atoms with Crippen molar-refractivity contribution in [2.24, 2.45) is 0 Å². The minimum absolute atomic E-state index is 0.265. The third-order valence-electron chi connectivity index (χ3n) is 9.49. The zero-order chi connectivity index (χ0) is 38.5. The lowest BCUT2D eigenvalue weighted by Crippen LogP contribution is -2.54. The fourth-order valence-corrected chi connectivity index (χ4v) is 6.13. The summed E-state index contributed by atoms with van der Waals surface area (Å²) in [6.45, 7) is 4.58. The SMILES string of the molecule is CC(CC(OC(CC(C)N(C)C)(c1ccccc1)c1ccccc1)(c1ccccc1)c1ccccc1)N(C)C.O=C([O-])CC(O)(CC(=O)[O-])C(=O)[O-]. The highest BCUT2D eigenvalue weighted by atomic mass is 16.5. The minimum Gasteiger partial charge on any atom is -0.550 e. The van der Waals surface area contributed by atoms with Crippen molar-refractivity contribution in [3.8, 4) is 0 Å². The molecule has 10 nitrogen and oxygen atoms in total. The topological polar surface area (TPSA) is 156 Å². The lowest BCUT2D eigenvalue weighted by Gasteiger charge is -2.48. The highest BCUT2D eigenvalue weighted by Gasteiger charge is 2.48. The van der Waals surface area contributed by atoms with Crippen molar-refractivity contribution < 1.29 is 39.5 Å². The molecule has 4 aromatic rings. The van der Waals surface area contributed by atoms with Gasteiger partial charge in [-0.1, -0.05) is 121 Å². The summed E-state index contributed by atoms with van der Waals surface area (Å²) in [7, 11) is 8.62. The summed E-state index contributed by atoms with van der Waals surface area (Å²) >= 11 is 0. The van der Waals surface area contributed by atoms with Gasteiger partial charge in [0.1, 0.15) is 16.8 Å². The maximum Gasteiger partial charge on any atom is 0.121 e. The van der Waals surface area contributed by atoms with E-state index < -0.39 is 47.6 Å². The molecule has 0 spiro atoms. The first-order valence-corrected chi connectivity index (χ1v) is 17.1. The molecular weight excluding hydrogens is 660 g/mol. The van der Waals surface area contributed by atoms with Gasteiger partial charge in [0.05, 0.1) is 5.97 Å². The number of rotatable bonds is 17. The van der Waals surface area contributed by atoms with E-state index in [1.54, 1.807) is 0 Å². The van der Waals surface area contributed by atoms with Crippen molar-refractivity contribution >= 4 is 17.9 Å². The molecular formula is C42H49N2O8-3. The minimum atomic E-state index is -2.97. The highest BCUT2D eigenvalue weighted by Crippen LogP contribution is 2.49. The average Bonchev–Trinajstić information content (AvgIpc) is 3.11. The molecule has 52 heavy (non-hydrogen) atoms. The fraction of sp³-hybridized carbons (Fsp3) is 0.357. The fourth-order valence-electron chi connectivity index (χ4n) is 6.13. The summed E-state index contributed by atoms with van der Waals surface area (Å²) in [6.07, 6.45) is -1.12. The Labute approximate surface area is 306 Å². The standard InChI is InChI=1S/C36H44N2O.C6H8O7/c1-29(37(3)4)27-35(31-19-11-7-12-20-31,32-21-13-8-14-22-32)39-36(28-30(2)38(5)6,33-23-15-9-16-24-33)34-25-17-10-18-26-34;7-3(8)1-6(13,5(11)12)2-4(9)10/h7-26,29-30H,27-28H2,1-6H3;13H,1-2H2,(H,7,8)(H,9,10)(H,11,12)/p-3. The van der Waals surface area contributed by atoms with E-state index in [2.05, 4.69) is 173 Å². The van der Waals surface area contributed by atoms with Crippen molar-refractivity contribution in [3.63, 3.8) is 0 Å². The molecule has 0 aromatic heterocycles. The smallest absolute Gasteiger partial charge is 0.121 e. The lowest BCUT2D eigenvalue weighted by atomic mass is 9.76. The second-order valence-corrected chi connectivity index (χ2v) is 13.7. The first-order chi connectivity index (χ1) is 24.6. The Morgan fingerprint density at radius 2 is 0.808 bits per heavy atom. The largest absolute Gasteiger partial charge is 0.550 e. The number of carboxylic acids is 3. The summed E-state index contributed by atoms with van der Waals surface area (Å²) in [5.74, 6) is -5.98. The zero-order valence-corrected chi connectivity index (χ0v) is 30.7. The number of aliphatic hydroxyl groups is 1. The molecule has 2 unspecified atom stereocenters. The van der Waals surface area contributed by atoms with Gasteiger partial charge in [-0.15, -0.1) is 0 Å². The summed E-state index contributed by atoms with van der Waals surface area (Å²) in [6, 6.07) is 43.7. The van der Waals surface area contributed by atoms with E-state index in [0.29, 0.717) is 0 Å². The lowest BCUT2D eigenvalue weighted by molar-refractivity contribution is -0.339. The molecule has 278 valence electrons. The molecule has 2 atom stereocenters. The molecule has 0 amide bonds. The quantitative estimate of drug-likeness (QED) is 0.173. The van der Waals surface area contributed by atoms with Crippen LogP contribution in [-0.4, -0.2) is 78.7 Å². The van der Waals surface area contributed by atoms with E-state index in [1.165, 1.54) is 22.3 Å². The molecule has 10 heteroatoms. The van der Waals surface area contributed by atoms with Gasteiger partial charge < -0.3 is 49.3 Å². The number of carbonyl (C=O) groups is 3. The Morgan fingerprint density at radius 3 is 1.00 bits per heavy atom. The van der Waals surface area contributed by atoms with Crippen LogP contribution in [0.4, 0.5) is 0 Å². The molecule has 0 aliphatic rings. The van der Waals surface area contributed by atoms with Crippen LogP contribution in [0.1, 0.15) is 61.8 Å². The molecule has 0 fully saturated rings. The molecule has 0 saturated carbocycles. The Bertz CT molecular complexity index is 1500. The molecule has 0 aliphatic carbocycles. The van der Waals surface area contributed by atoms with Gasteiger partial charge in [-0.25, -0.2) is 0 Å². The number of hydrogen-bond acceptors (Lipinski definition) is 10. The van der Waals surface area contributed by atoms with E-state index >= 15 is 0 Å². The maximum atomic E-state index is 10.1. The predicted octanol–water partition coefficient (Wildman–Crippen LogP) is 2.32. The number of aliphatic carboxylic acids is 3. The van der Waals surface area contributed by atoms with Crippen LogP contribution in [0, 0.1) is 0 Å². The van der Waals surface area contributed by atoms with Gasteiger partial charge in [0.15, 0.2) is 0 Å². The third-order valence-corrected chi connectivity index (χ3v) is 9.49. The van der Waals surface area contributed by atoms with Crippen molar-refractivity contribution in [2.75, 3.05) is 28.2 Å². The number of nitrogens with zero attached hydrogens (tertiary/aromatic N) is 2. The number of carboxylic acid groups (broad SMARTS) is 3. The first kappa shape index (κ1) is 41.5. The average molecular weight is 710 g/mol. The molecule has 0 radical (unpaired) electrons. The number of carbonyl (C=O) groups excluding carboxylic acids is 3. The van der Waals surface area contributed by atoms with E-state index in [4.69, 9.17) is 9.84 Å². The molecule has 0 heterocycles. The molecule has 0 aliphatic heterocycles. The van der Waals surface area contributed by atoms with Crippen molar-refractivity contribution in [1.82, 2.24) is 9.80 Å². The van der Waals surface area contributed by atoms with E-state index in [-0.39, 0.29) is 12.1 Å². The summed E-state index contributed by atoms with van der Waals surface area (Å²) in [5, 5.41) is 38.9. The van der Waals surface area contributed by atoms with Gasteiger partial charge in [0.2, 0.25) is 0 Å². The highest BCUT2D eigenvalue weighted by molar-refractivity contribution is 5.86. The monoisotopic (exact) mass is 709 g/mol. The van der Waals surface area contributed by atoms with Gasteiger partial charge >= 0.3 is 0 Å². The Morgan fingerprint density at radius 1 is 0.558 bits per heavy atom. The summed E-state index contributed by atoms with van der Waals surface area (Å²) < 4.78 is 7.96. The number of benzene rings is 4. The van der Waals surface area contributed by atoms with Crippen LogP contribution in [0.15, 0.2) is 121 Å². The van der Waals surface area contributed by atoms with Gasteiger partial charge in [0, 0.05) is 49.7 Å². The molecule has 4 aromatic carbocycles. The van der Waals surface area contributed by atoms with Gasteiger partial charge in [-0.2, -0.15) is 0 Å². The second kappa shape index (κ2) is 18.6. The predicted molar refractivity (Wildman–Crippen MR) is 193 cm³/mol. The molecule has 4 rings (SSSR count). The Kier molecular flexibility index (Phi) is 14.8. The van der Waals surface area contributed by atoms with E-state index in [0.717, 1.165) is 12.8 Å². The number of hydrogen-bond donors (Lipinski definition) is 1. The maximum absolute atomic E-state index is 10.1. The summed E-state index contributed by atoms with van der Waals surface area (Å²) in [5.41, 5.74) is 0.278. The van der Waals surface area contributed by atoms with Crippen LogP contribution < -0.4 is 15.3 Å². The summed E-state index contributed by atoms with van der Waals surface area (Å²) in [4.78, 5) is 34.6. The van der Waals surface area contributed by atoms with Crippen LogP contribution in [0.25, 0.3) is 0 Å². The number of ether oxygens (including phenoxy) is 1. The van der Waals surface area contributed by atoms with Gasteiger partial charge in [0.25, 0.3) is 0 Å². The van der Waals surface area contributed by atoms with E-state index in [1.807, 2.05) is 0 Å². The van der Waals surface area contributed by atoms with Crippen molar-refractivity contribution in [2.45, 2.75) is 68.4 Å². The van der Waals surface area contributed by atoms with Crippen LogP contribution in [-0.2, 0) is 30.3 Å². The third kappa shape index (κ3) is 10.6. The Balaban J connectivity index is 0.000000478. The van der Waals surface area contributed by atoms with Crippen LogP contribution in [0.5, 0.6) is 0 Å². The Hall–Kier alpha value is -4.87. The molecule has 0 bridgehead atoms. The van der Waals surface area contributed by atoms with Gasteiger partial charge in [-0.3, -0.25) is 0 Å². The van der Waals surface area contributed by atoms with Crippen LogP contribution in [0.2, 0.25) is 0 Å². The van der Waals surface area contributed by atoms with Crippen molar-refractivity contribution in [1.29, 1.82) is 0 Å². The van der Waals surface area contributed by atoms with E-state index in [9.17, 15) is 29.7 Å². The second-order valence-electron chi connectivity index (χ2n) is 13.7. The van der Waals surface area contributed by atoms with Crippen LogP contribution >= 0.6 is 0 Å². The zero-order valence-electron chi connectivity index (χ0n) is 30.7. The first-order valence-electron chi connectivity index (χ1n) is 17.1. The van der Waals surface area contributed by atoms with Gasteiger partial charge in [-0.05, 0) is 64.3 Å². The molecule has 0 saturated heterocycles. The molecule has 1 N–H and O–H groups in total.